The molecule has 147 valence electrons. The van der Waals surface area contributed by atoms with E-state index in [0.29, 0.717) is 25.8 Å². The maximum absolute atomic E-state index is 12.2. The van der Waals surface area contributed by atoms with Crippen molar-refractivity contribution in [3.8, 4) is 0 Å². The summed E-state index contributed by atoms with van der Waals surface area (Å²) in [6.07, 6.45) is 2.50. The van der Waals surface area contributed by atoms with E-state index in [-0.39, 0.29) is 23.2 Å². The number of ether oxygens (including phenoxy) is 1. The first-order valence-electron chi connectivity index (χ1n) is 8.85. The van der Waals surface area contributed by atoms with Gasteiger partial charge in [-0.3, -0.25) is 9.63 Å². The largest absolute Gasteiger partial charge is 0.468 e. The summed E-state index contributed by atoms with van der Waals surface area (Å²) < 4.78 is 11.5. The lowest BCUT2D eigenvalue weighted by Gasteiger charge is -2.47. The van der Waals surface area contributed by atoms with Crippen molar-refractivity contribution < 1.29 is 23.6 Å². The van der Waals surface area contributed by atoms with E-state index in [2.05, 4.69) is 45.9 Å². The lowest BCUT2D eigenvalue weighted by Crippen LogP contribution is -2.63. The summed E-state index contributed by atoms with van der Waals surface area (Å²) in [5.41, 5.74) is 3.01. The fourth-order valence-electron chi connectivity index (χ4n) is 2.61. The van der Waals surface area contributed by atoms with Crippen LogP contribution in [0.3, 0.4) is 0 Å². The second-order valence-electron chi connectivity index (χ2n) is 8.00. The molecule has 3 atom stereocenters. The Morgan fingerprint density at radius 3 is 2.58 bits per heavy atom. The first kappa shape index (κ1) is 23.0. The molecule has 1 radical (unpaired) electrons. The topological polar surface area (TPSA) is 77.1 Å². The molecule has 0 aliphatic carbocycles. The molecule has 26 heavy (non-hydrogen) atoms. The quantitative estimate of drug-likeness (QED) is 0.162. The third-order valence-electron chi connectivity index (χ3n) is 5.13. The average molecular weight is 383 g/mol. The van der Waals surface area contributed by atoms with E-state index < -0.39 is 14.4 Å². The Labute approximate surface area is 158 Å². The molecule has 0 spiro atoms. The third kappa shape index (κ3) is 6.02. The van der Waals surface area contributed by atoms with Crippen molar-refractivity contribution in [3.05, 3.63) is 12.7 Å². The highest BCUT2D eigenvalue weighted by atomic mass is 28.4. The maximum Gasteiger partial charge on any atom is 0.322 e. The van der Waals surface area contributed by atoms with Gasteiger partial charge < -0.3 is 18.8 Å². The molecule has 1 aliphatic heterocycles. The molecule has 9 heteroatoms. The minimum Gasteiger partial charge on any atom is -0.468 e. The number of carbonyl (C=O) groups is 2. The van der Waals surface area contributed by atoms with E-state index >= 15 is 0 Å². The number of esters is 1. The molecular weight excluding hydrogens is 351 g/mol. The van der Waals surface area contributed by atoms with Crippen LogP contribution in [0.1, 0.15) is 27.2 Å². The van der Waals surface area contributed by atoms with Gasteiger partial charge in [0.15, 0.2) is 8.32 Å². The van der Waals surface area contributed by atoms with Crippen LogP contribution in [0.5, 0.6) is 0 Å². The van der Waals surface area contributed by atoms with E-state index in [1.807, 2.05) is 0 Å². The normalized spacial score (nSPS) is 24.8. The number of piperidine rings is 1. The average Bonchev–Trinajstić information content (AvgIpc) is 2.55. The minimum absolute atomic E-state index is 0.0341. The Bertz CT molecular complexity index is 498. The molecule has 7 nitrogen and oxygen atoms in total. The van der Waals surface area contributed by atoms with E-state index in [0.717, 1.165) is 0 Å². The van der Waals surface area contributed by atoms with Crippen molar-refractivity contribution >= 4 is 27.9 Å². The number of rotatable bonds is 9. The van der Waals surface area contributed by atoms with Gasteiger partial charge in [0.25, 0.3) is 7.41 Å². The fourth-order valence-corrected chi connectivity index (χ4v) is 3.99. The summed E-state index contributed by atoms with van der Waals surface area (Å²) in [6.45, 7) is 15.2. The predicted octanol–water partition coefficient (Wildman–Crippen LogP) is 1.51. The van der Waals surface area contributed by atoms with E-state index in [1.54, 1.807) is 10.9 Å². The summed E-state index contributed by atoms with van der Waals surface area (Å²) in [4.78, 5) is 30.3. The van der Waals surface area contributed by atoms with Crippen molar-refractivity contribution in [1.29, 1.82) is 0 Å². The second-order valence-corrected chi connectivity index (χ2v) is 12.8. The number of nitrogens with one attached hydrogen (secondary N) is 1. The molecule has 0 aromatic carbocycles. The van der Waals surface area contributed by atoms with Gasteiger partial charge in [-0.05, 0) is 24.6 Å². The first-order valence-corrected chi connectivity index (χ1v) is 11.8. The van der Waals surface area contributed by atoms with Gasteiger partial charge >= 0.3 is 5.97 Å². The highest BCUT2D eigenvalue weighted by Crippen LogP contribution is 2.39. The minimum atomic E-state index is -2.06. The van der Waals surface area contributed by atoms with Gasteiger partial charge in [0.05, 0.1) is 32.0 Å². The number of hydroxylamine groups is 1. The number of nitrogens with zero attached hydrogens (tertiary/aromatic N) is 1. The van der Waals surface area contributed by atoms with Crippen LogP contribution in [0.25, 0.3) is 0 Å². The maximum atomic E-state index is 12.2. The number of hydrogen-bond acceptors (Lipinski definition) is 7. The molecule has 1 saturated heterocycles. The molecule has 0 bridgehead atoms. The predicted molar refractivity (Wildman–Crippen MR) is 105 cm³/mol. The molecule has 1 rings (SSSR count). The van der Waals surface area contributed by atoms with Crippen LogP contribution >= 0.6 is 0 Å². The number of hydrogen-bond donors (Lipinski definition) is 1. The Morgan fingerprint density at radius 1 is 1.42 bits per heavy atom. The standard InChI is InChI=1S/C17H32BN2O5Si/c1-8-9-24-19-13-11-20(18-12-21)14(16(22)23-5)10-15(13)25-26(6,7)17(2,3)4/h8,12-15,19H,1,9-11H2,2-7H3/t13-,14-,15?/m0/s1. The van der Waals surface area contributed by atoms with Gasteiger partial charge in [-0.1, -0.05) is 26.8 Å². The van der Waals surface area contributed by atoms with Crippen molar-refractivity contribution in [3.63, 3.8) is 0 Å². The monoisotopic (exact) mass is 383 g/mol. The number of methoxy groups -OCH3 is 1. The van der Waals surface area contributed by atoms with Crippen molar-refractivity contribution in [1.82, 2.24) is 10.3 Å². The van der Waals surface area contributed by atoms with Crippen LogP contribution in [0, 0.1) is 0 Å². The molecule has 0 amide bonds. The summed E-state index contributed by atoms with van der Waals surface area (Å²) in [5.74, 6) is -0.377. The summed E-state index contributed by atoms with van der Waals surface area (Å²) >= 11 is 0. The van der Waals surface area contributed by atoms with Crippen LogP contribution in [-0.2, 0) is 23.6 Å². The highest BCUT2D eigenvalue weighted by molar-refractivity contribution is 6.74. The SMILES string of the molecule is C=CCON[C@H]1CN([B]C=O)[C@H](C(=O)OC)CC1O[Si](C)(C)C(C)(C)C. The first-order chi connectivity index (χ1) is 12.1. The van der Waals surface area contributed by atoms with E-state index in [4.69, 9.17) is 14.0 Å². The lowest BCUT2D eigenvalue weighted by atomic mass is 9.84. The molecule has 0 aromatic rings. The fraction of sp³-hybridized carbons (Fsp3) is 0.765. The molecule has 1 unspecified atom stereocenters. The molecule has 0 aromatic heterocycles. The van der Waals surface area contributed by atoms with Crippen LogP contribution in [-0.4, -0.2) is 71.1 Å². The molecular formula is C17H32BN2O5Si. The van der Waals surface area contributed by atoms with Crippen LogP contribution in [0.2, 0.25) is 18.1 Å². The Hall–Kier alpha value is -0.998. The van der Waals surface area contributed by atoms with Gasteiger partial charge in [0.2, 0.25) is 0 Å². The lowest BCUT2D eigenvalue weighted by molar-refractivity contribution is -0.149. The Morgan fingerprint density at radius 2 is 2.08 bits per heavy atom. The zero-order chi connectivity index (χ0) is 20.0. The number of carbonyl (C=O) groups excluding carboxylic acids is 2. The van der Waals surface area contributed by atoms with Gasteiger partial charge in [-0.25, -0.2) is 0 Å². The Balaban J connectivity index is 3.03. The third-order valence-corrected chi connectivity index (χ3v) is 9.63. The molecule has 1 fully saturated rings. The van der Waals surface area contributed by atoms with Crippen LogP contribution in [0.15, 0.2) is 12.7 Å². The Kier molecular flexibility index (Phi) is 8.68. The second kappa shape index (κ2) is 9.80. The zero-order valence-corrected chi connectivity index (χ0v) is 17.8. The van der Waals surface area contributed by atoms with Crippen LogP contribution < -0.4 is 5.48 Å². The van der Waals surface area contributed by atoms with Crippen molar-refractivity contribution in [2.45, 2.75) is 63.5 Å². The summed E-state index contributed by atoms with van der Waals surface area (Å²) in [5, 5.41) is 0.0341. The molecule has 1 N–H and O–H groups in total. The molecule has 1 heterocycles. The van der Waals surface area contributed by atoms with Gasteiger partial charge in [0.1, 0.15) is 6.04 Å². The smallest absolute Gasteiger partial charge is 0.322 e. The van der Waals surface area contributed by atoms with Crippen LogP contribution in [0.4, 0.5) is 0 Å². The van der Waals surface area contributed by atoms with Crippen molar-refractivity contribution in [2.24, 2.45) is 0 Å². The van der Waals surface area contributed by atoms with Gasteiger partial charge in [0, 0.05) is 6.54 Å². The molecule has 0 saturated carbocycles. The van der Waals surface area contributed by atoms with Gasteiger partial charge in [-0.2, -0.15) is 5.48 Å². The summed E-state index contributed by atoms with van der Waals surface area (Å²) in [7, 11) is 0.654. The zero-order valence-electron chi connectivity index (χ0n) is 16.8. The van der Waals surface area contributed by atoms with E-state index in [9.17, 15) is 9.59 Å². The van der Waals surface area contributed by atoms with Crippen molar-refractivity contribution in [2.75, 3.05) is 20.3 Å². The summed E-state index contributed by atoms with van der Waals surface area (Å²) in [6, 6.07) is -0.751. The van der Waals surface area contributed by atoms with E-state index in [1.165, 1.54) is 14.5 Å². The highest BCUT2D eigenvalue weighted by Gasteiger charge is 2.45. The van der Waals surface area contributed by atoms with Gasteiger partial charge in [-0.15, -0.1) is 6.58 Å². The molecule has 1 aliphatic rings.